The van der Waals surface area contributed by atoms with Crippen LogP contribution in [0.3, 0.4) is 0 Å². The molecule has 5 rings (SSSR count). The first-order chi connectivity index (χ1) is 20.1. The van der Waals surface area contributed by atoms with Crippen LogP contribution in [0.1, 0.15) is 49.9 Å². The summed E-state index contributed by atoms with van der Waals surface area (Å²) in [5, 5.41) is 2.81. The number of aromatic nitrogens is 1. The van der Waals surface area contributed by atoms with Crippen LogP contribution in [0.15, 0.2) is 60.8 Å². The fraction of sp³-hybridized carbons (Fsp3) is 0.406. The van der Waals surface area contributed by atoms with E-state index in [2.05, 4.69) is 10.3 Å². The molecule has 2 aliphatic rings. The molecule has 2 aromatic carbocycles. The molecule has 2 aliphatic heterocycles. The summed E-state index contributed by atoms with van der Waals surface area (Å²) >= 11 is 0. The molecule has 1 aromatic heterocycles. The molecule has 1 saturated heterocycles. The van der Waals surface area contributed by atoms with Gasteiger partial charge in [-0.25, -0.2) is 9.18 Å². The first-order valence-electron chi connectivity index (χ1n) is 14.1. The molecular formula is C32H36FN3O6. The van der Waals surface area contributed by atoms with E-state index in [0.717, 1.165) is 11.3 Å². The maximum absolute atomic E-state index is 14.9. The van der Waals surface area contributed by atoms with Gasteiger partial charge in [0.25, 0.3) is 0 Å². The lowest BCUT2D eigenvalue weighted by atomic mass is 9.80. The Morgan fingerprint density at radius 2 is 1.93 bits per heavy atom. The zero-order valence-electron chi connectivity index (χ0n) is 24.1. The van der Waals surface area contributed by atoms with Crippen LogP contribution >= 0.6 is 0 Å². The molecule has 10 heteroatoms. The quantitative estimate of drug-likeness (QED) is 0.392. The van der Waals surface area contributed by atoms with Gasteiger partial charge in [-0.1, -0.05) is 18.2 Å². The molecule has 0 unspecified atom stereocenters. The van der Waals surface area contributed by atoms with Gasteiger partial charge < -0.3 is 29.2 Å². The number of carbonyl (C=O) groups excluding carboxylic acids is 2. The first kappa shape index (κ1) is 29.2. The van der Waals surface area contributed by atoms with Gasteiger partial charge in [-0.3, -0.25) is 9.78 Å². The maximum Gasteiger partial charge on any atom is 0.410 e. The molecule has 1 N–H and O–H groups in total. The van der Waals surface area contributed by atoms with Crippen molar-refractivity contribution >= 4 is 12.0 Å². The number of halogens is 1. The van der Waals surface area contributed by atoms with E-state index in [4.69, 9.17) is 18.9 Å². The van der Waals surface area contributed by atoms with Crippen LogP contribution in [0.2, 0.25) is 0 Å². The molecule has 2 amide bonds. The summed E-state index contributed by atoms with van der Waals surface area (Å²) in [6.45, 7) is 7.14. The van der Waals surface area contributed by atoms with Crippen molar-refractivity contribution in [2.45, 2.75) is 51.7 Å². The highest BCUT2D eigenvalue weighted by Crippen LogP contribution is 2.38. The topological polar surface area (TPSA) is 99.2 Å². The van der Waals surface area contributed by atoms with E-state index < -0.39 is 11.4 Å². The minimum Gasteiger partial charge on any atom is -0.493 e. The van der Waals surface area contributed by atoms with E-state index >= 15 is 0 Å². The van der Waals surface area contributed by atoms with Crippen LogP contribution < -0.4 is 19.5 Å². The average Bonchev–Trinajstić information content (AvgIpc) is 3.44. The molecule has 0 bridgehead atoms. The minimum absolute atomic E-state index is 0.0337. The van der Waals surface area contributed by atoms with Gasteiger partial charge in [0.2, 0.25) is 12.7 Å². The van der Waals surface area contributed by atoms with Crippen molar-refractivity contribution in [3.8, 4) is 17.2 Å². The van der Waals surface area contributed by atoms with Crippen molar-refractivity contribution in [1.82, 2.24) is 15.2 Å². The van der Waals surface area contributed by atoms with Gasteiger partial charge in [0.15, 0.2) is 11.5 Å². The molecule has 0 saturated carbocycles. The highest BCUT2D eigenvalue weighted by Gasteiger charge is 2.35. The molecule has 2 atom stereocenters. The summed E-state index contributed by atoms with van der Waals surface area (Å²) < 4.78 is 37.5. The van der Waals surface area contributed by atoms with Crippen molar-refractivity contribution in [1.29, 1.82) is 0 Å². The SMILES string of the molecule is CC(C)(C)OC(=O)N1CC[C@@H](c2ccc(F)c(CC(=O)NCc3ccccn3)c2)[C@H](COc2ccc3c(c2)OCO3)C1. The second-order valence-electron chi connectivity index (χ2n) is 11.5. The molecule has 0 radical (unpaired) electrons. The third-order valence-electron chi connectivity index (χ3n) is 7.24. The number of ether oxygens (including phenoxy) is 4. The fourth-order valence-corrected chi connectivity index (χ4v) is 5.19. The number of nitrogens with one attached hydrogen (secondary N) is 1. The van der Waals surface area contributed by atoms with Crippen molar-refractivity contribution in [3.05, 3.63) is 83.4 Å². The van der Waals surface area contributed by atoms with E-state index in [1.54, 1.807) is 41.4 Å². The van der Waals surface area contributed by atoms with Crippen LogP contribution in [0.5, 0.6) is 17.2 Å². The predicted octanol–water partition coefficient (Wildman–Crippen LogP) is 5.23. The number of carbonyl (C=O) groups is 2. The summed E-state index contributed by atoms with van der Waals surface area (Å²) in [5.74, 6) is 1.02. The predicted molar refractivity (Wildman–Crippen MR) is 153 cm³/mol. The number of fused-ring (bicyclic) bond motifs is 1. The Labute approximate surface area is 244 Å². The molecule has 1 fully saturated rings. The van der Waals surface area contributed by atoms with Crippen LogP contribution in [-0.2, 0) is 22.5 Å². The summed E-state index contributed by atoms with van der Waals surface area (Å²) in [7, 11) is 0. The van der Waals surface area contributed by atoms with Gasteiger partial charge in [0, 0.05) is 31.3 Å². The van der Waals surface area contributed by atoms with Gasteiger partial charge in [-0.15, -0.1) is 0 Å². The van der Waals surface area contributed by atoms with Crippen molar-refractivity contribution in [2.75, 3.05) is 26.5 Å². The average molecular weight is 578 g/mol. The Bertz CT molecular complexity index is 1410. The molecule has 0 aliphatic carbocycles. The second-order valence-corrected chi connectivity index (χ2v) is 11.5. The summed E-state index contributed by atoms with van der Waals surface area (Å²) in [6, 6.07) is 15.8. The Morgan fingerprint density at radius 1 is 1.10 bits per heavy atom. The zero-order valence-corrected chi connectivity index (χ0v) is 24.1. The van der Waals surface area contributed by atoms with Crippen LogP contribution in [0, 0.1) is 11.7 Å². The lowest BCUT2D eigenvalue weighted by Gasteiger charge is -2.39. The largest absolute Gasteiger partial charge is 0.493 e. The van der Waals surface area contributed by atoms with Crippen molar-refractivity contribution < 1.29 is 32.9 Å². The second kappa shape index (κ2) is 12.7. The molecule has 3 heterocycles. The van der Waals surface area contributed by atoms with Crippen LogP contribution in [0.4, 0.5) is 9.18 Å². The summed E-state index contributed by atoms with van der Waals surface area (Å²) in [6.07, 6.45) is 1.82. The highest BCUT2D eigenvalue weighted by molar-refractivity contribution is 5.78. The van der Waals surface area contributed by atoms with Gasteiger partial charge in [0.05, 0.1) is 25.3 Å². The van der Waals surface area contributed by atoms with E-state index in [1.807, 2.05) is 39.0 Å². The lowest BCUT2D eigenvalue weighted by Crippen LogP contribution is -2.46. The normalized spacial score (nSPS) is 18.0. The third kappa shape index (κ3) is 7.48. The van der Waals surface area contributed by atoms with E-state index in [9.17, 15) is 14.0 Å². The molecule has 0 spiro atoms. The Kier molecular flexibility index (Phi) is 8.80. The van der Waals surface area contributed by atoms with Gasteiger partial charge in [-0.05, 0) is 74.6 Å². The van der Waals surface area contributed by atoms with Crippen molar-refractivity contribution in [3.63, 3.8) is 0 Å². The number of amides is 2. The van der Waals surface area contributed by atoms with Gasteiger partial charge in [0.1, 0.15) is 17.2 Å². The summed E-state index contributed by atoms with van der Waals surface area (Å²) in [5.41, 5.74) is 1.32. The Morgan fingerprint density at radius 3 is 2.71 bits per heavy atom. The zero-order chi connectivity index (χ0) is 29.7. The number of benzene rings is 2. The standard InChI is InChI=1S/C32H36FN3O6/c1-32(2,3)42-31(38)36-13-11-26(23(18-36)19-39-25-8-10-28-29(16-25)41-20-40-28)21-7-9-27(33)22(14-21)15-30(37)35-17-24-6-4-5-12-34-24/h4-10,12,14,16,23,26H,11,13,15,17-20H2,1-3H3,(H,35,37)/t23-,26-/m0/s1. The van der Waals surface area contributed by atoms with Gasteiger partial charge >= 0.3 is 6.09 Å². The smallest absolute Gasteiger partial charge is 0.410 e. The van der Waals surface area contributed by atoms with Crippen LogP contribution in [0.25, 0.3) is 0 Å². The fourth-order valence-electron chi connectivity index (χ4n) is 5.19. The van der Waals surface area contributed by atoms with Crippen LogP contribution in [-0.4, -0.2) is 54.0 Å². The van der Waals surface area contributed by atoms with Gasteiger partial charge in [-0.2, -0.15) is 0 Å². The molecule has 42 heavy (non-hydrogen) atoms. The number of pyridine rings is 1. The molecule has 3 aromatic rings. The number of rotatable bonds is 8. The molecule has 9 nitrogen and oxygen atoms in total. The molecule has 222 valence electrons. The number of nitrogens with zero attached hydrogens (tertiary/aromatic N) is 2. The molecular weight excluding hydrogens is 541 g/mol. The minimum atomic E-state index is -0.616. The number of hydrogen-bond donors (Lipinski definition) is 1. The summed E-state index contributed by atoms with van der Waals surface area (Å²) in [4.78, 5) is 31.5. The van der Waals surface area contributed by atoms with E-state index in [1.165, 1.54) is 6.07 Å². The third-order valence-corrected chi connectivity index (χ3v) is 7.24. The maximum atomic E-state index is 14.9. The number of hydrogen-bond acceptors (Lipinski definition) is 7. The first-order valence-corrected chi connectivity index (χ1v) is 14.1. The highest BCUT2D eigenvalue weighted by atomic mass is 19.1. The number of likely N-dealkylation sites (tertiary alicyclic amines) is 1. The number of piperidine rings is 1. The Hall–Kier alpha value is -4.34. The lowest BCUT2D eigenvalue weighted by molar-refractivity contribution is -0.120. The van der Waals surface area contributed by atoms with E-state index in [0.29, 0.717) is 48.9 Å². The Balaban J connectivity index is 1.31. The van der Waals surface area contributed by atoms with Crippen molar-refractivity contribution in [2.24, 2.45) is 5.92 Å². The monoisotopic (exact) mass is 577 g/mol. The van der Waals surface area contributed by atoms with E-state index in [-0.39, 0.29) is 43.6 Å².